The largest absolute Gasteiger partial charge is 0.324 e. The molecule has 0 aromatic heterocycles. The molecule has 1 aliphatic carbocycles. The number of fused-ring (bicyclic) bond motifs is 2. The van der Waals surface area contributed by atoms with Gasteiger partial charge in [0.2, 0.25) is 11.8 Å². The molecule has 132 valence electrons. The Morgan fingerprint density at radius 1 is 1.23 bits per heavy atom. The second-order valence-corrected chi connectivity index (χ2v) is 7.44. The third-order valence-electron chi connectivity index (χ3n) is 4.74. The molecule has 1 fully saturated rings. The van der Waals surface area contributed by atoms with Crippen LogP contribution in [0.15, 0.2) is 58.0 Å². The number of hydrogen-bond acceptors (Lipinski definition) is 3. The molecule has 0 bridgehead atoms. The Bertz CT molecular complexity index is 909. The van der Waals surface area contributed by atoms with Gasteiger partial charge in [0.05, 0.1) is 17.3 Å². The number of halogens is 1. The predicted octanol–water partition coefficient (Wildman–Crippen LogP) is 4.31. The minimum atomic E-state index is -0.229. The predicted molar refractivity (Wildman–Crippen MR) is 106 cm³/mol. The smallest absolute Gasteiger partial charge is 0.244 e. The topological polar surface area (TPSA) is 61.8 Å². The number of rotatable bonds is 3. The zero-order chi connectivity index (χ0) is 18.1. The van der Waals surface area contributed by atoms with Crippen molar-refractivity contribution in [1.29, 1.82) is 0 Å². The molecule has 2 aromatic rings. The van der Waals surface area contributed by atoms with E-state index in [0.717, 1.165) is 35.1 Å². The third kappa shape index (κ3) is 3.29. The molecule has 2 amide bonds. The van der Waals surface area contributed by atoms with E-state index in [1.165, 1.54) is 0 Å². The van der Waals surface area contributed by atoms with Crippen LogP contribution in [-0.2, 0) is 9.59 Å². The molecule has 1 aliphatic heterocycles. The molecule has 6 heteroatoms. The summed E-state index contributed by atoms with van der Waals surface area (Å²) < 4.78 is 0.885. The van der Waals surface area contributed by atoms with Crippen LogP contribution in [0.5, 0.6) is 0 Å². The van der Waals surface area contributed by atoms with Gasteiger partial charge in [-0.3, -0.25) is 14.6 Å². The first-order chi connectivity index (χ1) is 12.6. The summed E-state index contributed by atoms with van der Waals surface area (Å²) >= 11 is 3.39. The van der Waals surface area contributed by atoms with Crippen molar-refractivity contribution < 1.29 is 9.59 Å². The van der Waals surface area contributed by atoms with Crippen LogP contribution in [0.4, 0.5) is 17.1 Å². The molecule has 4 rings (SSSR count). The first kappa shape index (κ1) is 17.0. The van der Waals surface area contributed by atoms with Crippen molar-refractivity contribution in [2.45, 2.75) is 19.3 Å². The van der Waals surface area contributed by atoms with Gasteiger partial charge in [0.15, 0.2) is 0 Å². The van der Waals surface area contributed by atoms with Crippen LogP contribution in [0.3, 0.4) is 0 Å². The van der Waals surface area contributed by atoms with E-state index >= 15 is 0 Å². The number of benzene rings is 2. The van der Waals surface area contributed by atoms with E-state index in [4.69, 9.17) is 4.99 Å². The quantitative estimate of drug-likeness (QED) is 0.817. The second kappa shape index (κ2) is 7.03. The molecule has 2 aliphatic rings. The number of carbonyl (C=O) groups excluding carboxylic acids is 2. The SMILES string of the molecule is O=C(CN1C(=O)C2CCCC2=Nc2ccccc21)Nc1cccc(Br)c1. The van der Waals surface area contributed by atoms with Crippen molar-refractivity contribution >= 4 is 50.5 Å². The number of nitrogens with zero attached hydrogens (tertiary/aromatic N) is 2. The van der Waals surface area contributed by atoms with Crippen molar-refractivity contribution in [2.24, 2.45) is 10.9 Å². The second-order valence-electron chi connectivity index (χ2n) is 6.52. The molecular weight excluding hydrogens is 394 g/mol. The fourth-order valence-corrected chi connectivity index (χ4v) is 3.95. The molecule has 26 heavy (non-hydrogen) atoms. The molecule has 1 atom stereocenters. The average molecular weight is 412 g/mol. The van der Waals surface area contributed by atoms with Crippen LogP contribution in [0.2, 0.25) is 0 Å². The monoisotopic (exact) mass is 411 g/mol. The van der Waals surface area contributed by atoms with E-state index in [9.17, 15) is 9.59 Å². The van der Waals surface area contributed by atoms with Gasteiger partial charge in [-0.2, -0.15) is 0 Å². The highest BCUT2D eigenvalue weighted by atomic mass is 79.9. The number of hydrogen-bond donors (Lipinski definition) is 1. The zero-order valence-corrected chi connectivity index (χ0v) is 15.7. The normalized spacial score (nSPS) is 18.7. The van der Waals surface area contributed by atoms with Crippen LogP contribution in [0.1, 0.15) is 19.3 Å². The maximum absolute atomic E-state index is 13.1. The Balaban J connectivity index is 1.61. The Morgan fingerprint density at radius 2 is 2.08 bits per heavy atom. The van der Waals surface area contributed by atoms with E-state index in [-0.39, 0.29) is 24.3 Å². The molecule has 2 aromatic carbocycles. The Kier molecular flexibility index (Phi) is 4.59. The minimum Gasteiger partial charge on any atom is -0.324 e. The van der Waals surface area contributed by atoms with E-state index in [1.807, 2.05) is 48.5 Å². The van der Waals surface area contributed by atoms with Gasteiger partial charge in [-0.25, -0.2) is 0 Å². The molecular formula is C20H18BrN3O2. The van der Waals surface area contributed by atoms with Crippen LogP contribution in [-0.4, -0.2) is 24.1 Å². The van der Waals surface area contributed by atoms with Gasteiger partial charge in [0, 0.05) is 15.9 Å². The van der Waals surface area contributed by atoms with Crippen molar-refractivity contribution in [2.75, 3.05) is 16.8 Å². The number of amides is 2. The summed E-state index contributed by atoms with van der Waals surface area (Å²) in [6.45, 7) is -0.0261. The van der Waals surface area contributed by atoms with Gasteiger partial charge in [-0.05, 0) is 49.6 Å². The maximum atomic E-state index is 13.1. The molecule has 1 heterocycles. The van der Waals surface area contributed by atoms with Crippen LogP contribution in [0, 0.1) is 5.92 Å². The highest BCUT2D eigenvalue weighted by molar-refractivity contribution is 9.10. The maximum Gasteiger partial charge on any atom is 0.244 e. The average Bonchev–Trinajstić information content (AvgIpc) is 3.04. The fourth-order valence-electron chi connectivity index (χ4n) is 3.55. The molecule has 0 saturated heterocycles. The highest BCUT2D eigenvalue weighted by Gasteiger charge is 2.36. The number of carbonyl (C=O) groups is 2. The zero-order valence-electron chi connectivity index (χ0n) is 14.1. The van der Waals surface area contributed by atoms with Gasteiger partial charge >= 0.3 is 0 Å². The lowest BCUT2D eigenvalue weighted by molar-refractivity contribution is -0.122. The number of nitrogens with one attached hydrogen (secondary N) is 1. The Labute approximate surface area is 160 Å². The van der Waals surface area contributed by atoms with Gasteiger partial charge in [-0.15, -0.1) is 0 Å². The van der Waals surface area contributed by atoms with Crippen LogP contribution < -0.4 is 10.2 Å². The summed E-state index contributed by atoms with van der Waals surface area (Å²) in [4.78, 5) is 32.0. The molecule has 1 saturated carbocycles. The highest BCUT2D eigenvalue weighted by Crippen LogP contribution is 2.37. The molecule has 0 radical (unpaired) electrons. The van der Waals surface area contributed by atoms with Gasteiger partial charge in [0.1, 0.15) is 6.54 Å². The summed E-state index contributed by atoms with van der Waals surface area (Å²) in [6.07, 6.45) is 2.62. The summed E-state index contributed by atoms with van der Waals surface area (Å²) in [6, 6.07) is 14.9. The van der Waals surface area contributed by atoms with Gasteiger partial charge < -0.3 is 10.2 Å². The molecule has 1 N–H and O–H groups in total. The molecule has 5 nitrogen and oxygen atoms in total. The minimum absolute atomic E-state index is 0.0261. The van der Waals surface area contributed by atoms with E-state index < -0.39 is 0 Å². The van der Waals surface area contributed by atoms with E-state index in [2.05, 4.69) is 21.2 Å². The van der Waals surface area contributed by atoms with E-state index in [1.54, 1.807) is 4.90 Å². The molecule has 0 spiro atoms. The lowest BCUT2D eigenvalue weighted by Crippen LogP contribution is -2.41. The lowest BCUT2D eigenvalue weighted by Gasteiger charge is -2.24. The van der Waals surface area contributed by atoms with Crippen LogP contribution in [0.25, 0.3) is 0 Å². The van der Waals surface area contributed by atoms with Crippen molar-refractivity contribution in [1.82, 2.24) is 0 Å². The summed E-state index contributed by atoms with van der Waals surface area (Å²) in [5.41, 5.74) is 3.09. The summed E-state index contributed by atoms with van der Waals surface area (Å²) in [7, 11) is 0. The number of anilines is 2. The summed E-state index contributed by atoms with van der Waals surface area (Å²) in [5.74, 6) is -0.468. The Hall–Kier alpha value is -2.47. The number of para-hydroxylation sites is 2. The fraction of sp³-hybridized carbons (Fsp3) is 0.250. The van der Waals surface area contributed by atoms with Crippen molar-refractivity contribution in [3.05, 3.63) is 53.0 Å². The van der Waals surface area contributed by atoms with Gasteiger partial charge in [0.25, 0.3) is 0 Å². The van der Waals surface area contributed by atoms with Crippen LogP contribution >= 0.6 is 15.9 Å². The standard InChI is InChI=1S/C20H18BrN3O2/c21-13-5-3-6-14(11-13)22-19(25)12-24-18-10-2-1-8-17(18)23-16-9-4-7-15(16)20(24)26/h1-3,5-6,8,10-11,15H,4,7,9,12H2,(H,22,25). The number of aliphatic imine (C=N–C) groups is 1. The first-order valence-corrected chi connectivity index (χ1v) is 9.44. The Morgan fingerprint density at radius 3 is 2.92 bits per heavy atom. The van der Waals surface area contributed by atoms with E-state index in [0.29, 0.717) is 11.4 Å². The van der Waals surface area contributed by atoms with Crippen molar-refractivity contribution in [3.8, 4) is 0 Å². The lowest BCUT2D eigenvalue weighted by atomic mass is 10.1. The third-order valence-corrected chi connectivity index (χ3v) is 5.23. The first-order valence-electron chi connectivity index (χ1n) is 8.65. The van der Waals surface area contributed by atoms with Crippen molar-refractivity contribution in [3.63, 3.8) is 0 Å². The van der Waals surface area contributed by atoms with Gasteiger partial charge in [-0.1, -0.05) is 34.1 Å². The summed E-state index contributed by atoms with van der Waals surface area (Å²) in [5, 5.41) is 2.86. The molecule has 1 unspecified atom stereocenters.